The van der Waals surface area contributed by atoms with Crippen molar-refractivity contribution in [2.75, 3.05) is 11.1 Å². The van der Waals surface area contributed by atoms with Crippen LogP contribution in [0.5, 0.6) is 17.4 Å². The largest absolute Gasteiger partial charge is 0.506 e. The molecule has 6 aromatic rings. The van der Waals surface area contributed by atoms with E-state index in [0.29, 0.717) is 42.5 Å². The van der Waals surface area contributed by atoms with E-state index in [1.165, 1.54) is 23.1 Å². The van der Waals surface area contributed by atoms with E-state index in [4.69, 9.17) is 14.9 Å². The van der Waals surface area contributed by atoms with Gasteiger partial charge in [0, 0.05) is 27.8 Å². The fourth-order valence-electron chi connectivity index (χ4n) is 4.72. The number of aliphatic carboxylic acids is 1. The number of rotatable bonds is 11. The maximum absolute atomic E-state index is 13.5. The van der Waals surface area contributed by atoms with Crippen molar-refractivity contribution in [3.05, 3.63) is 107 Å². The lowest BCUT2D eigenvalue weighted by Crippen LogP contribution is -2.13. The first-order valence-corrected chi connectivity index (χ1v) is 16.8. The number of amides is 1. The summed E-state index contributed by atoms with van der Waals surface area (Å²) in [5.41, 5.74) is 3.90. The van der Waals surface area contributed by atoms with Crippen molar-refractivity contribution in [3.8, 4) is 23.1 Å². The van der Waals surface area contributed by atoms with Crippen molar-refractivity contribution >= 4 is 63.2 Å². The van der Waals surface area contributed by atoms with Crippen molar-refractivity contribution in [2.45, 2.75) is 28.3 Å². The SMILES string of the molecule is Cc1ccccc1NC(=O)c1cc(Oc2c(CSc3nnc(SCC(=O)O)s3)c(C)nn2-c2ccccc2)c2ccccc2c1O. The Balaban J connectivity index is 1.39. The number of aromatic nitrogens is 4. The molecule has 4 aromatic carbocycles. The maximum Gasteiger partial charge on any atom is 0.313 e. The van der Waals surface area contributed by atoms with Crippen molar-refractivity contribution in [1.82, 2.24) is 20.0 Å². The average Bonchev–Trinajstić information content (AvgIpc) is 3.65. The molecule has 0 radical (unpaired) electrons. The summed E-state index contributed by atoms with van der Waals surface area (Å²) in [6.07, 6.45) is 0. The molecule has 0 aliphatic carbocycles. The minimum atomic E-state index is -0.919. The quantitative estimate of drug-likeness (QED) is 0.118. The van der Waals surface area contributed by atoms with Gasteiger partial charge in [-0.1, -0.05) is 95.5 Å². The number of thioether (sulfide) groups is 2. The number of aromatic hydroxyl groups is 1. The predicted octanol–water partition coefficient (Wildman–Crippen LogP) is 7.71. The van der Waals surface area contributed by atoms with Crippen molar-refractivity contribution in [2.24, 2.45) is 0 Å². The number of anilines is 1. The minimum absolute atomic E-state index is 0.0654. The molecule has 13 heteroatoms. The molecule has 0 saturated carbocycles. The molecule has 0 spiro atoms. The number of nitrogens with one attached hydrogen (secondary N) is 1. The Morgan fingerprint density at radius 1 is 0.913 bits per heavy atom. The standard InChI is InChI=1S/C33H27N5O5S3/c1-19-10-6-9-15-26(19)34-30(42)24-16-27(22-13-7-8-14-23(22)29(24)41)43-31-25(20(2)37-38(31)21-11-4-3-5-12-21)17-44-32-35-36-33(46-32)45-18-28(39)40/h3-16,41H,17-18H2,1-2H3,(H,34,42)(H,39,40). The summed E-state index contributed by atoms with van der Waals surface area (Å²) in [5.74, 6) is -0.381. The van der Waals surface area contributed by atoms with Crippen molar-refractivity contribution < 1.29 is 24.5 Å². The molecule has 3 N–H and O–H groups in total. The molecule has 2 heterocycles. The number of carboxylic acid groups (broad SMARTS) is 1. The van der Waals surface area contributed by atoms with E-state index < -0.39 is 11.9 Å². The molecule has 1 amide bonds. The Hall–Kier alpha value is -4.85. The molecule has 2 aromatic heterocycles. The van der Waals surface area contributed by atoms with Crippen LogP contribution in [0, 0.1) is 13.8 Å². The van der Waals surface area contributed by atoms with E-state index >= 15 is 0 Å². The van der Waals surface area contributed by atoms with Crippen LogP contribution in [0.3, 0.4) is 0 Å². The van der Waals surface area contributed by atoms with Crippen LogP contribution in [0.1, 0.15) is 27.2 Å². The third kappa shape index (κ3) is 6.71. The van der Waals surface area contributed by atoms with Gasteiger partial charge in [-0.2, -0.15) is 5.10 Å². The zero-order valence-corrected chi connectivity index (χ0v) is 27.1. The van der Waals surface area contributed by atoms with Gasteiger partial charge in [0.2, 0.25) is 5.88 Å². The molecule has 6 rings (SSSR count). The van der Waals surface area contributed by atoms with Crippen LogP contribution in [-0.2, 0) is 10.5 Å². The van der Waals surface area contributed by atoms with Gasteiger partial charge in [0.25, 0.3) is 5.91 Å². The zero-order chi connectivity index (χ0) is 32.2. The highest BCUT2D eigenvalue weighted by Crippen LogP contribution is 2.42. The number of phenolic OH excluding ortho intramolecular Hbond substituents is 1. The van der Waals surface area contributed by atoms with E-state index in [0.717, 1.165) is 34.3 Å². The summed E-state index contributed by atoms with van der Waals surface area (Å²) in [5, 5.41) is 37.4. The Kier molecular flexibility index (Phi) is 9.24. The number of hydrogen-bond donors (Lipinski definition) is 3. The lowest BCUT2D eigenvalue weighted by atomic mass is 10.0. The van der Waals surface area contributed by atoms with Crippen molar-refractivity contribution in [3.63, 3.8) is 0 Å². The number of hydrogen-bond acceptors (Lipinski definition) is 10. The summed E-state index contributed by atoms with van der Waals surface area (Å²) in [4.78, 5) is 24.5. The van der Waals surface area contributed by atoms with Crippen LogP contribution < -0.4 is 10.1 Å². The first kappa shape index (κ1) is 31.1. The monoisotopic (exact) mass is 669 g/mol. The van der Waals surface area contributed by atoms with Crippen LogP contribution in [0.15, 0.2) is 93.6 Å². The fourth-order valence-corrected chi connectivity index (χ4v) is 7.53. The molecule has 0 bridgehead atoms. The van der Waals surface area contributed by atoms with Gasteiger partial charge in [0.1, 0.15) is 11.5 Å². The second-order valence-corrected chi connectivity index (χ2v) is 13.5. The normalized spacial score (nSPS) is 11.1. The Labute approximate surface area is 276 Å². The Morgan fingerprint density at radius 3 is 2.33 bits per heavy atom. The lowest BCUT2D eigenvalue weighted by molar-refractivity contribution is -0.133. The molecule has 232 valence electrons. The summed E-state index contributed by atoms with van der Waals surface area (Å²) < 4.78 is 9.67. The summed E-state index contributed by atoms with van der Waals surface area (Å²) in [7, 11) is 0. The van der Waals surface area contributed by atoms with Crippen LogP contribution >= 0.6 is 34.9 Å². The number of para-hydroxylation sites is 2. The summed E-state index contributed by atoms with van der Waals surface area (Å²) in [6.45, 7) is 3.79. The lowest BCUT2D eigenvalue weighted by Gasteiger charge is -2.16. The van der Waals surface area contributed by atoms with Gasteiger partial charge >= 0.3 is 5.97 Å². The highest BCUT2D eigenvalue weighted by Gasteiger charge is 2.24. The number of fused-ring (bicyclic) bond motifs is 1. The maximum atomic E-state index is 13.5. The van der Waals surface area contributed by atoms with Gasteiger partial charge in [-0.3, -0.25) is 9.59 Å². The second-order valence-electron chi connectivity index (χ2n) is 10.1. The number of nitrogens with zero attached hydrogens (tertiary/aromatic N) is 4. The molecular formula is C33H27N5O5S3. The highest BCUT2D eigenvalue weighted by molar-refractivity contribution is 8.03. The third-order valence-corrected chi connectivity index (χ3v) is 10.2. The average molecular weight is 670 g/mol. The highest BCUT2D eigenvalue weighted by atomic mass is 32.2. The predicted molar refractivity (Wildman–Crippen MR) is 181 cm³/mol. The van der Waals surface area contributed by atoms with Crippen LogP contribution in [-0.4, -0.2) is 47.8 Å². The molecule has 0 aliphatic heterocycles. The van der Waals surface area contributed by atoms with Crippen LogP contribution in [0.25, 0.3) is 16.5 Å². The third-order valence-electron chi connectivity index (χ3n) is 7.01. The smallest absolute Gasteiger partial charge is 0.313 e. The first-order chi connectivity index (χ1) is 22.3. The van der Waals surface area contributed by atoms with E-state index in [2.05, 4.69) is 15.5 Å². The van der Waals surface area contributed by atoms with E-state index in [1.54, 1.807) is 28.9 Å². The molecule has 10 nitrogen and oxygen atoms in total. The molecule has 0 saturated heterocycles. The van der Waals surface area contributed by atoms with E-state index in [9.17, 15) is 14.7 Å². The molecule has 0 unspecified atom stereocenters. The number of ether oxygens (including phenoxy) is 1. The number of benzene rings is 4. The number of phenols is 1. The Bertz CT molecular complexity index is 2060. The first-order valence-electron chi connectivity index (χ1n) is 14.0. The Morgan fingerprint density at radius 2 is 1.59 bits per heavy atom. The number of carbonyl (C=O) groups excluding carboxylic acids is 1. The second kappa shape index (κ2) is 13.6. The number of carbonyl (C=O) groups is 2. The molecule has 0 aliphatic rings. The van der Waals surface area contributed by atoms with Gasteiger partial charge in [0.15, 0.2) is 8.68 Å². The number of aryl methyl sites for hydroxylation is 2. The fraction of sp³-hybridized carbons (Fsp3) is 0.121. The molecule has 0 fully saturated rings. The van der Waals surface area contributed by atoms with Crippen molar-refractivity contribution in [1.29, 1.82) is 0 Å². The molecular weight excluding hydrogens is 643 g/mol. The van der Waals surface area contributed by atoms with E-state index in [1.807, 2.05) is 74.5 Å². The zero-order valence-electron chi connectivity index (χ0n) is 24.6. The van der Waals surface area contributed by atoms with Gasteiger partial charge in [-0.05, 0) is 43.7 Å². The van der Waals surface area contributed by atoms with Crippen LogP contribution in [0.4, 0.5) is 5.69 Å². The number of carboxylic acids is 1. The van der Waals surface area contributed by atoms with Gasteiger partial charge in [-0.15, -0.1) is 10.2 Å². The van der Waals surface area contributed by atoms with E-state index in [-0.39, 0.29) is 17.1 Å². The summed E-state index contributed by atoms with van der Waals surface area (Å²) in [6, 6.07) is 25.8. The van der Waals surface area contributed by atoms with Crippen LogP contribution in [0.2, 0.25) is 0 Å². The topological polar surface area (TPSA) is 139 Å². The van der Waals surface area contributed by atoms with Gasteiger partial charge in [0.05, 0.1) is 22.7 Å². The minimum Gasteiger partial charge on any atom is -0.506 e. The van der Waals surface area contributed by atoms with Gasteiger partial charge < -0.3 is 20.3 Å². The summed E-state index contributed by atoms with van der Waals surface area (Å²) >= 11 is 3.89. The molecule has 0 atom stereocenters. The van der Waals surface area contributed by atoms with Gasteiger partial charge in [-0.25, -0.2) is 4.68 Å². The molecule has 46 heavy (non-hydrogen) atoms.